The van der Waals surface area contributed by atoms with E-state index >= 15 is 0 Å². The molecule has 2 aromatic carbocycles. The van der Waals surface area contributed by atoms with Crippen LogP contribution in [-0.4, -0.2) is 64.3 Å². The molecule has 1 aliphatic heterocycles. The molecule has 1 saturated heterocycles. The number of rotatable bonds is 9. The second-order valence-corrected chi connectivity index (χ2v) is 9.97. The molecule has 39 heavy (non-hydrogen) atoms. The Morgan fingerprint density at radius 2 is 1.51 bits per heavy atom. The SMILES string of the molecule is [N-]=[N+]=NC1CC[C@@H](CN(Cc2ccccc2)C(=O)OCc2ccccc2)O[C@@H]1C1CCC(N=[N+]=[N-])[C@H](O)[C@H]1O. The maximum Gasteiger partial charge on any atom is 0.410 e. The number of benzene rings is 2. The third kappa shape index (κ3) is 7.41. The van der Waals surface area contributed by atoms with Crippen molar-refractivity contribution in [2.24, 2.45) is 16.1 Å². The van der Waals surface area contributed by atoms with E-state index in [1.807, 2.05) is 60.7 Å². The van der Waals surface area contributed by atoms with Gasteiger partial charge >= 0.3 is 6.09 Å². The van der Waals surface area contributed by atoms with Gasteiger partial charge in [0.2, 0.25) is 0 Å². The minimum Gasteiger partial charge on any atom is -0.445 e. The zero-order valence-electron chi connectivity index (χ0n) is 21.5. The van der Waals surface area contributed by atoms with Gasteiger partial charge in [-0.3, -0.25) is 0 Å². The molecule has 0 spiro atoms. The van der Waals surface area contributed by atoms with Gasteiger partial charge in [-0.15, -0.1) is 0 Å². The zero-order valence-corrected chi connectivity index (χ0v) is 21.5. The lowest BCUT2D eigenvalue weighted by molar-refractivity contribution is -0.150. The number of ether oxygens (including phenoxy) is 2. The van der Waals surface area contributed by atoms with Crippen LogP contribution in [0.4, 0.5) is 4.79 Å². The number of hydrogen-bond donors (Lipinski definition) is 2. The summed E-state index contributed by atoms with van der Waals surface area (Å²) in [5, 5.41) is 28.9. The minimum absolute atomic E-state index is 0.135. The van der Waals surface area contributed by atoms with Crippen molar-refractivity contribution in [3.8, 4) is 0 Å². The Hall–Kier alpha value is -3.79. The summed E-state index contributed by atoms with van der Waals surface area (Å²) in [5.41, 5.74) is 19.7. The fourth-order valence-corrected chi connectivity index (χ4v) is 5.41. The highest BCUT2D eigenvalue weighted by Crippen LogP contribution is 2.37. The maximum atomic E-state index is 13.2. The standard InChI is InChI=1S/C27H33N7O5/c28-32-30-22-14-12-21(24(35)25(22)36)26-23(31-33-29)13-11-20(39-26)16-34(15-18-7-3-1-4-8-18)27(37)38-17-19-9-5-2-6-10-19/h1-10,20-26,35-36H,11-17H2/t20-,21?,22?,23?,24-,25-,26+/m0/s1. The van der Waals surface area contributed by atoms with Crippen molar-refractivity contribution < 1.29 is 24.5 Å². The molecule has 1 saturated carbocycles. The first kappa shape index (κ1) is 28.2. The molecule has 2 aliphatic rings. The van der Waals surface area contributed by atoms with Crippen LogP contribution >= 0.6 is 0 Å². The van der Waals surface area contributed by atoms with E-state index in [0.717, 1.165) is 11.1 Å². The molecule has 1 amide bonds. The molecule has 4 rings (SSSR count). The largest absolute Gasteiger partial charge is 0.445 e. The van der Waals surface area contributed by atoms with Gasteiger partial charge < -0.3 is 24.6 Å². The van der Waals surface area contributed by atoms with Crippen LogP contribution in [-0.2, 0) is 22.6 Å². The van der Waals surface area contributed by atoms with Gasteiger partial charge in [-0.2, -0.15) is 0 Å². The summed E-state index contributed by atoms with van der Waals surface area (Å²) in [6.07, 6.45) is -2.21. The van der Waals surface area contributed by atoms with Gasteiger partial charge in [0, 0.05) is 22.3 Å². The van der Waals surface area contributed by atoms with Gasteiger partial charge in [0.15, 0.2) is 0 Å². The lowest BCUT2D eigenvalue weighted by Crippen LogP contribution is -2.55. The second kappa shape index (κ2) is 13.8. The van der Waals surface area contributed by atoms with Gasteiger partial charge in [-0.25, -0.2) is 4.79 Å². The highest BCUT2D eigenvalue weighted by molar-refractivity contribution is 5.67. The molecule has 1 heterocycles. The Labute approximate surface area is 226 Å². The fourth-order valence-electron chi connectivity index (χ4n) is 5.41. The number of aliphatic hydroxyl groups is 2. The lowest BCUT2D eigenvalue weighted by atomic mass is 9.75. The molecule has 12 heteroatoms. The van der Waals surface area contributed by atoms with E-state index in [1.54, 1.807) is 4.90 Å². The Morgan fingerprint density at radius 1 is 0.897 bits per heavy atom. The average Bonchev–Trinajstić information content (AvgIpc) is 2.96. The van der Waals surface area contributed by atoms with Crippen molar-refractivity contribution in [1.29, 1.82) is 0 Å². The van der Waals surface area contributed by atoms with E-state index in [0.29, 0.717) is 32.2 Å². The van der Waals surface area contributed by atoms with E-state index in [9.17, 15) is 15.0 Å². The predicted molar refractivity (Wildman–Crippen MR) is 142 cm³/mol. The predicted octanol–water partition coefficient (Wildman–Crippen LogP) is 4.86. The molecule has 0 aromatic heterocycles. The van der Waals surface area contributed by atoms with E-state index in [4.69, 9.17) is 20.5 Å². The number of carbonyl (C=O) groups excluding carboxylic acids is 1. The molecule has 7 atom stereocenters. The second-order valence-electron chi connectivity index (χ2n) is 9.97. The molecule has 206 valence electrons. The van der Waals surface area contributed by atoms with Crippen molar-refractivity contribution in [2.45, 2.75) is 75.3 Å². The number of hydrogen-bond acceptors (Lipinski definition) is 7. The Kier molecular flexibility index (Phi) is 10.0. The van der Waals surface area contributed by atoms with Crippen molar-refractivity contribution in [1.82, 2.24) is 4.90 Å². The first-order chi connectivity index (χ1) is 19.0. The van der Waals surface area contributed by atoms with E-state index in [2.05, 4.69) is 20.1 Å². The van der Waals surface area contributed by atoms with Crippen LogP contribution in [0.1, 0.15) is 36.8 Å². The van der Waals surface area contributed by atoms with Crippen LogP contribution in [0.25, 0.3) is 20.9 Å². The molecule has 2 fully saturated rings. The lowest BCUT2D eigenvalue weighted by Gasteiger charge is -2.45. The van der Waals surface area contributed by atoms with E-state index in [1.165, 1.54) is 0 Å². The van der Waals surface area contributed by atoms with Crippen molar-refractivity contribution >= 4 is 6.09 Å². The van der Waals surface area contributed by atoms with Crippen molar-refractivity contribution in [2.75, 3.05) is 6.54 Å². The quantitative estimate of drug-likeness (QED) is 0.264. The minimum atomic E-state index is -1.25. The average molecular weight is 536 g/mol. The topological polar surface area (TPSA) is 177 Å². The van der Waals surface area contributed by atoms with Gasteiger partial charge in [-0.1, -0.05) is 70.9 Å². The number of aliphatic hydroxyl groups excluding tert-OH is 2. The maximum absolute atomic E-state index is 13.2. The molecular formula is C27H33N7O5. The van der Waals surface area contributed by atoms with Crippen LogP contribution in [0.3, 0.4) is 0 Å². The van der Waals surface area contributed by atoms with Gasteiger partial charge in [-0.05, 0) is 47.9 Å². The molecule has 2 N–H and O–H groups in total. The number of nitrogens with zero attached hydrogens (tertiary/aromatic N) is 7. The van der Waals surface area contributed by atoms with Crippen LogP contribution < -0.4 is 0 Å². The Bertz CT molecular complexity index is 1170. The fraction of sp³-hybridized carbons (Fsp3) is 0.519. The molecular weight excluding hydrogens is 502 g/mol. The Balaban J connectivity index is 1.48. The summed E-state index contributed by atoms with van der Waals surface area (Å²) in [7, 11) is 0. The third-order valence-corrected chi connectivity index (χ3v) is 7.42. The van der Waals surface area contributed by atoms with Gasteiger partial charge in [0.05, 0.1) is 43.0 Å². The number of azide groups is 2. The number of amides is 1. The summed E-state index contributed by atoms with van der Waals surface area (Å²) >= 11 is 0. The van der Waals surface area contributed by atoms with Crippen LogP contribution in [0.15, 0.2) is 70.9 Å². The molecule has 12 nitrogen and oxygen atoms in total. The smallest absolute Gasteiger partial charge is 0.410 e. The highest BCUT2D eigenvalue weighted by Gasteiger charge is 2.46. The Morgan fingerprint density at radius 3 is 2.18 bits per heavy atom. The summed E-state index contributed by atoms with van der Waals surface area (Å²) < 4.78 is 12.0. The van der Waals surface area contributed by atoms with Crippen molar-refractivity contribution in [3.05, 3.63) is 92.7 Å². The summed E-state index contributed by atoms with van der Waals surface area (Å²) in [6.45, 7) is 0.683. The first-order valence-electron chi connectivity index (χ1n) is 13.1. The van der Waals surface area contributed by atoms with Crippen LogP contribution in [0.5, 0.6) is 0 Å². The molecule has 3 unspecified atom stereocenters. The first-order valence-corrected chi connectivity index (χ1v) is 13.1. The summed E-state index contributed by atoms with van der Waals surface area (Å²) in [5.74, 6) is -0.531. The van der Waals surface area contributed by atoms with Gasteiger partial charge in [0.25, 0.3) is 0 Å². The summed E-state index contributed by atoms with van der Waals surface area (Å²) in [6, 6.07) is 17.7. The van der Waals surface area contributed by atoms with Gasteiger partial charge in [0.1, 0.15) is 6.61 Å². The molecule has 0 radical (unpaired) electrons. The molecule has 1 aliphatic carbocycles. The number of carbonyl (C=O) groups is 1. The third-order valence-electron chi connectivity index (χ3n) is 7.42. The monoisotopic (exact) mass is 535 g/mol. The zero-order chi connectivity index (χ0) is 27.6. The molecule has 2 aromatic rings. The van der Waals surface area contributed by atoms with E-state index in [-0.39, 0.29) is 13.2 Å². The van der Waals surface area contributed by atoms with Crippen molar-refractivity contribution in [3.63, 3.8) is 0 Å². The molecule has 0 bridgehead atoms. The van der Waals surface area contributed by atoms with Crippen LogP contribution in [0.2, 0.25) is 0 Å². The highest BCUT2D eigenvalue weighted by atomic mass is 16.6. The van der Waals surface area contributed by atoms with Crippen LogP contribution in [0, 0.1) is 5.92 Å². The normalized spacial score (nSPS) is 28.4. The summed E-state index contributed by atoms with van der Waals surface area (Å²) in [4.78, 5) is 20.5. The van der Waals surface area contributed by atoms with E-state index < -0.39 is 48.5 Å².